The Bertz CT molecular complexity index is 427. The van der Waals surface area contributed by atoms with Crippen LogP contribution in [-0.2, 0) is 11.3 Å². The molecule has 3 nitrogen and oxygen atoms in total. The fourth-order valence-electron chi connectivity index (χ4n) is 2.39. The van der Waals surface area contributed by atoms with Crippen LogP contribution in [-0.4, -0.2) is 11.9 Å². The molecule has 1 aromatic carbocycles. The van der Waals surface area contributed by atoms with Gasteiger partial charge in [-0.1, -0.05) is 38.0 Å². The van der Waals surface area contributed by atoms with E-state index in [1.54, 1.807) is 6.92 Å². The van der Waals surface area contributed by atoms with E-state index >= 15 is 0 Å². The van der Waals surface area contributed by atoms with Crippen LogP contribution in [0.2, 0.25) is 0 Å². The van der Waals surface area contributed by atoms with Crippen LogP contribution in [0.1, 0.15) is 45.1 Å². The smallest absolute Gasteiger partial charge is 0.221 e. The van der Waals surface area contributed by atoms with Gasteiger partial charge in [-0.25, -0.2) is 0 Å². The second-order valence-electron chi connectivity index (χ2n) is 5.50. The molecule has 1 aliphatic carbocycles. The number of carbonyl (C=O) groups excluding carboxylic acids is 1. The highest BCUT2D eigenvalue weighted by atomic mass is 16.1. The fraction of sp³-hybridized carbons (Fsp3) is 0.562. The third-order valence-electron chi connectivity index (χ3n) is 3.72. The summed E-state index contributed by atoms with van der Waals surface area (Å²) in [5.41, 5.74) is 2.08. The van der Waals surface area contributed by atoms with Gasteiger partial charge in [0.05, 0.1) is 0 Å². The van der Waals surface area contributed by atoms with Crippen LogP contribution in [0.3, 0.4) is 0 Å². The molecule has 104 valence electrons. The second kappa shape index (κ2) is 6.71. The molecule has 1 amide bonds. The molecule has 1 aromatic rings. The van der Waals surface area contributed by atoms with Gasteiger partial charge in [0.15, 0.2) is 0 Å². The van der Waals surface area contributed by atoms with Gasteiger partial charge in [0, 0.05) is 25.2 Å². The molecule has 2 N–H and O–H groups in total. The van der Waals surface area contributed by atoms with Gasteiger partial charge < -0.3 is 10.6 Å². The zero-order chi connectivity index (χ0) is 13.7. The Morgan fingerprint density at radius 2 is 2.11 bits per heavy atom. The van der Waals surface area contributed by atoms with Crippen molar-refractivity contribution in [2.75, 3.05) is 5.32 Å². The van der Waals surface area contributed by atoms with Crippen molar-refractivity contribution in [1.29, 1.82) is 0 Å². The highest BCUT2D eigenvalue weighted by molar-refractivity contribution is 5.89. The van der Waals surface area contributed by atoms with Crippen LogP contribution >= 0.6 is 0 Å². The number of nitrogens with one attached hydrogen (secondary N) is 2. The van der Waals surface area contributed by atoms with Crippen molar-refractivity contribution in [3.05, 3.63) is 29.8 Å². The molecule has 0 aliphatic heterocycles. The number of rotatable bonds is 7. The van der Waals surface area contributed by atoms with E-state index in [1.165, 1.54) is 25.7 Å². The van der Waals surface area contributed by atoms with Gasteiger partial charge in [-0.05, 0) is 30.4 Å². The first-order valence-corrected chi connectivity index (χ1v) is 7.28. The number of amides is 1. The van der Waals surface area contributed by atoms with E-state index in [-0.39, 0.29) is 5.91 Å². The Hall–Kier alpha value is -1.35. The molecular formula is C16H24N2O. The van der Waals surface area contributed by atoms with E-state index in [2.05, 4.69) is 23.6 Å². The van der Waals surface area contributed by atoms with Crippen molar-refractivity contribution in [1.82, 2.24) is 5.32 Å². The summed E-state index contributed by atoms with van der Waals surface area (Å²) in [6.07, 6.45) is 5.26. The van der Waals surface area contributed by atoms with E-state index in [9.17, 15) is 4.79 Å². The molecule has 1 aliphatic rings. The van der Waals surface area contributed by atoms with E-state index in [0.717, 1.165) is 23.7 Å². The van der Waals surface area contributed by atoms with Gasteiger partial charge in [0.1, 0.15) is 0 Å². The molecule has 0 heterocycles. The van der Waals surface area contributed by atoms with E-state index in [4.69, 9.17) is 0 Å². The SMILES string of the molecule is CCC(CC1CC1)NCc1ccccc1NC(C)=O. The molecule has 0 saturated heterocycles. The van der Waals surface area contributed by atoms with Crippen LogP contribution in [0, 0.1) is 5.92 Å². The molecule has 0 radical (unpaired) electrons. The highest BCUT2D eigenvalue weighted by Crippen LogP contribution is 2.34. The average molecular weight is 260 g/mol. The van der Waals surface area contributed by atoms with Crippen molar-refractivity contribution >= 4 is 11.6 Å². The predicted octanol–water partition coefficient (Wildman–Crippen LogP) is 3.31. The van der Waals surface area contributed by atoms with Gasteiger partial charge in [-0.15, -0.1) is 0 Å². The summed E-state index contributed by atoms with van der Waals surface area (Å²) in [4.78, 5) is 11.2. The molecule has 1 fully saturated rings. The Kier molecular flexibility index (Phi) is 4.97. The summed E-state index contributed by atoms with van der Waals surface area (Å²) in [7, 11) is 0. The van der Waals surface area contributed by atoms with Crippen LogP contribution in [0.25, 0.3) is 0 Å². The molecule has 0 spiro atoms. The monoisotopic (exact) mass is 260 g/mol. The zero-order valence-corrected chi connectivity index (χ0v) is 11.9. The van der Waals surface area contributed by atoms with Crippen LogP contribution in [0.5, 0.6) is 0 Å². The number of para-hydroxylation sites is 1. The van der Waals surface area contributed by atoms with Gasteiger partial charge in [0.2, 0.25) is 5.91 Å². The van der Waals surface area contributed by atoms with Crippen LogP contribution in [0.15, 0.2) is 24.3 Å². The lowest BCUT2D eigenvalue weighted by atomic mass is 10.1. The summed E-state index contributed by atoms with van der Waals surface area (Å²) < 4.78 is 0. The van der Waals surface area contributed by atoms with Crippen LogP contribution in [0.4, 0.5) is 5.69 Å². The maximum Gasteiger partial charge on any atom is 0.221 e. The van der Waals surface area contributed by atoms with Crippen molar-refractivity contribution < 1.29 is 4.79 Å². The normalized spacial score (nSPS) is 16.1. The largest absolute Gasteiger partial charge is 0.326 e. The highest BCUT2D eigenvalue weighted by Gasteiger charge is 2.24. The molecule has 1 saturated carbocycles. The summed E-state index contributed by atoms with van der Waals surface area (Å²) in [5, 5.41) is 6.51. The zero-order valence-electron chi connectivity index (χ0n) is 11.9. The Labute approximate surface area is 115 Å². The van der Waals surface area contributed by atoms with E-state index in [1.807, 2.05) is 18.2 Å². The number of hydrogen-bond acceptors (Lipinski definition) is 2. The minimum Gasteiger partial charge on any atom is -0.326 e. The minimum atomic E-state index is -0.0162. The molecule has 1 unspecified atom stereocenters. The van der Waals surface area contributed by atoms with Crippen molar-refractivity contribution in [3.63, 3.8) is 0 Å². The van der Waals surface area contributed by atoms with Gasteiger partial charge in [-0.2, -0.15) is 0 Å². The van der Waals surface area contributed by atoms with Crippen molar-refractivity contribution in [2.45, 2.75) is 52.1 Å². The number of benzene rings is 1. The second-order valence-corrected chi connectivity index (χ2v) is 5.50. The molecule has 0 aromatic heterocycles. The van der Waals surface area contributed by atoms with Crippen LogP contribution < -0.4 is 10.6 Å². The lowest BCUT2D eigenvalue weighted by molar-refractivity contribution is -0.114. The summed E-state index contributed by atoms with van der Waals surface area (Å²) in [6.45, 7) is 4.60. The summed E-state index contributed by atoms with van der Waals surface area (Å²) in [6, 6.07) is 8.60. The third-order valence-corrected chi connectivity index (χ3v) is 3.72. The first kappa shape index (κ1) is 14.1. The minimum absolute atomic E-state index is 0.0162. The van der Waals surface area contributed by atoms with Crippen molar-refractivity contribution in [3.8, 4) is 0 Å². The first-order valence-electron chi connectivity index (χ1n) is 7.28. The number of anilines is 1. The Morgan fingerprint density at radius 1 is 1.37 bits per heavy atom. The summed E-state index contributed by atoms with van der Waals surface area (Å²) >= 11 is 0. The fourth-order valence-corrected chi connectivity index (χ4v) is 2.39. The molecule has 0 bridgehead atoms. The van der Waals surface area contributed by atoms with E-state index < -0.39 is 0 Å². The lowest BCUT2D eigenvalue weighted by Crippen LogP contribution is -2.28. The lowest BCUT2D eigenvalue weighted by Gasteiger charge is -2.18. The molecule has 19 heavy (non-hydrogen) atoms. The predicted molar refractivity (Wildman–Crippen MR) is 79.0 cm³/mol. The third kappa shape index (κ3) is 4.67. The topological polar surface area (TPSA) is 41.1 Å². The molecule has 1 atom stereocenters. The van der Waals surface area contributed by atoms with Gasteiger partial charge in [0.25, 0.3) is 0 Å². The van der Waals surface area contributed by atoms with E-state index in [0.29, 0.717) is 6.04 Å². The summed E-state index contributed by atoms with van der Waals surface area (Å²) in [5.74, 6) is 0.931. The Balaban J connectivity index is 1.91. The molecule has 3 heteroatoms. The quantitative estimate of drug-likeness (QED) is 0.789. The standard InChI is InChI=1S/C16H24N2O/c1-3-15(10-13-8-9-13)17-11-14-6-4-5-7-16(14)18-12(2)19/h4-7,13,15,17H,3,8-11H2,1-2H3,(H,18,19). The molecular weight excluding hydrogens is 236 g/mol. The maximum absolute atomic E-state index is 11.2. The average Bonchev–Trinajstić information content (AvgIpc) is 3.19. The number of carbonyl (C=O) groups is 1. The first-order chi connectivity index (χ1) is 9.19. The Morgan fingerprint density at radius 3 is 2.74 bits per heavy atom. The van der Waals surface area contributed by atoms with Crippen molar-refractivity contribution in [2.24, 2.45) is 5.92 Å². The van der Waals surface area contributed by atoms with Gasteiger partial charge in [-0.3, -0.25) is 4.79 Å². The molecule has 2 rings (SSSR count). The maximum atomic E-state index is 11.2. The number of hydrogen-bond donors (Lipinski definition) is 2. The van der Waals surface area contributed by atoms with Gasteiger partial charge >= 0.3 is 0 Å².